The number of pyridine rings is 1. The predicted molar refractivity (Wildman–Crippen MR) is 77.7 cm³/mol. The average Bonchev–Trinajstić information content (AvgIpc) is 2.38. The fourth-order valence-electron chi connectivity index (χ4n) is 1.74. The van der Waals surface area contributed by atoms with Gasteiger partial charge in [0.1, 0.15) is 5.82 Å². The first-order chi connectivity index (χ1) is 9.54. The fourth-order valence-corrected chi connectivity index (χ4v) is 1.74. The summed E-state index contributed by atoms with van der Waals surface area (Å²) in [6, 6.07) is 12.1. The number of nitrogens with zero attached hydrogens (tertiary/aromatic N) is 1. The number of amides is 2. The van der Waals surface area contributed by atoms with Gasteiger partial charge in [-0.15, -0.1) is 0 Å². The number of carbonyl (C=O) groups excluding carboxylic acids is 2. The molecule has 5 heteroatoms. The van der Waals surface area contributed by atoms with E-state index in [4.69, 9.17) is 0 Å². The summed E-state index contributed by atoms with van der Waals surface area (Å²) < 4.78 is 0. The van der Waals surface area contributed by atoms with Gasteiger partial charge in [-0.2, -0.15) is 0 Å². The molecule has 1 aromatic carbocycles. The van der Waals surface area contributed by atoms with E-state index in [2.05, 4.69) is 15.6 Å². The van der Waals surface area contributed by atoms with Gasteiger partial charge >= 0.3 is 0 Å². The van der Waals surface area contributed by atoms with Crippen molar-refractivity contribution in [2.75, 3.05) is 10.6 Å². The third-order valence-electron chi connectivity index (χ3n) is 2.58. The van der Waals surface area contributed by atoms with Crippen LogP contribution in [0.5, 0.6) is 0 Å². The number of hydrogen-bond donors (Lipinski definition) is 2. The Balaban J connectivity index is 2.15. The Morgan fingerprint density at radius 3 is 2.50 bits per heavy atom. The van der Waals surface area contributed by atoms with Crippen LogP contribution in [0.4, 0.5) is 11.5 Å². The number of hydrogen-bond acceptors (Lipinski definition) is 3. The summed E-state index contributed by atoms with van der Waals surface area (Å²) in [5.74, 6) is 0.0538. The Labute approximate surface area is 117 Å². The predicted octanol–water partition coefficient (Wildman–Crippen LogP) is 2.60. The first-order valence-corrected chi connectivity index (χ1v) is 6.17. The zero-order valence-corrected chi connectivity index (χ0v) is 11.3. The van der Waals surface area contributed by atoms with Crippen molar-refractivity contribution < 1.29 is 9.59 Å². The molecule has 0 aliphatic carbocycles. The average molecular weight is 269 g/mol. The maximum Gasteiger partial charge on any atom is 0.256 e. The molecule has 0 atom stereocenters. The molecule has 0 aliphatic rings. The van der Waals surface area contributed by atoms with Crippen LogP contribution in [0.2, 0.25) is 0 Å². The van der Waals surface area contributed by atoms with Gasteiger partial charge in [-0.25, -0.2) is 4.98 Å². The highest BCUT2D eigenvalue weighted by molar-refractivity contribution is 6.04. The summed E-state index contributed by atoms with van der Waals surface area (Å²) in [6.07, 6.45) is 0. The molecule has 20 heavy (non-hydrogen) atoms. The minimum absolute atomic E-state index is 0.178. The quantitative estimate of drug-likeness (QED) is 0.899. The number of rotatable bonds is 3. The third kappa shape index (κ3) is 3.65. The van der Waals surface area contributed by atoms with Crippen molar-refractivity contribution in [3.63, 3.8) is 0 Å². The second-order valence-corrected chi connectivity index (χ2v) is 4.38. The van der Waals surface area contributed by atoms with Gasteiger partial charge in [0.2, 0.25) is 5.91 Å². The van der Waals surface area contributed by atoms with Gasteiger partial charge in [0.05, 0.1) is 0 Å². The van der Waals surface area contributed by atoms with Crippen LogP contribution in [0.3, 0.4) is 0 Å². The minimum Gasteiger partial charge on any atom is -0.326 e. The number of aromatic nitrogens is 1. The first kappa shape index (κ1) is 13.7. The summed E-state index contributed by atoms with van der Waals surface area (Å²) in [5, 5.41) is 5.36. The van der Waals surface area contributed by atoms with Gasteiger partial charge in [0.15, 0.2) is 0 Å². The molecular formula is C15H15N3O2. The molecule has 0 bridgehead atoms. The van der Waals surface area contributed by atoms with Gasteiger partial charge in [-0.1, -0.05) is 12.1 Å². The van der Waals surface area contributed by atoms with E-state index in [0.29, 0.717) is 17.1 Å². The van der Waals surface area contributed by atoms with Crippen LogP contribution >= 0.6 is 0 Å². The van der Waals surface area contributed by atoms with Crippen molar-refractivity contribution in [2.45, 2.75) is 13.8 Å². The second-order valence-electron chi connectivity index (χ2n) is 4.38. The Morgan fingerprint density at radius 2 is 1.80 bits per heavy atom. The van der Waals surface area contributed by atoms with Crippen molar-refractivity contribution in [1.29, 1.82) is 0 Å². The van der Waals surface area contributed by atoms with E-state index in [1.807, 2.05) is 19.1 Å². The van der Waals surface area contributed by atoms with Crippen LogP contribution in [0.25, 0.3) is 0 Å². The minimum atomic E-state index is -0.268. The molecule has 0 unspecified atom stereocenters. The van der Waals surface area contributed by atoms with Crippen molar-refractivity contribution >= 4 is 23.3 Å². The molecule has 2 amide bonds. The van der Waals surface area contributed by atoms with Gasteiger partial charge in [0, 0.05) is 23.9 Å². The molecule has 0 saturated heterocycles. The standard InChI is InChI=1S/C15H15N3O2/c1-10-5-3-8-14(16-10)18-15(20)12-6-4-7-13(9-12)17-11(2)19/h3-9H,1-2H3,(H,17,19)(H,16,18,20). The van der Waals surface area contributed by atoms with Gasteiger partial charge in [0.25, 0.3) is 5.91 Å². The molecule has 2 rings (SSSR count). The maximum absolute atomic E-state index is 12.1. The van der Waals surface area contributed by atoms with Gasteiger partial charge < -0.3 is 10.6 Å². The zero-order valence-electron chi connectivity index (χ0n) is 11.3. The monoisotopic (exact) mass is 269 g/mol. The molecule has 102 valence electrons. The Morgan fingerprint density at radius 1 is 1.05 bits per heavy atom. The highest BCUT2D eigenvalue weighted by atomic mass is 16.2. The lowest BCUT2D eigenvalue weighted by Crippen LogP contribution is -2.14. The molecule has 0 radical (unpaired) electrons. The van der Waals surface area contributed by atoms with Crippen molar-refractivity contribution in [1.82, 2.24) is 4.98 Å². The summed E-state index contributed by atoms with van der Waals surface area (Å²) in [5.41, 5.74) is 1.87. The van der Waals surface area contributed by atoms with Crippen LogP contribution in [0, 0.1) is 6.92 Å². The molecule has 0 spiro atoms. The van der Waals surface area contributed by atoms with Gasteiger partial charge in [-0.05, 0) is 37.3 Å². The normalized spacial score (nSPS) is 9.90. The Bertz CT molecular complexity index is 653. The van der Waals surface area contributed by atoms with E-state index in [1.165, 1.54) is 6.92 Å². The van der Waals surface area contributed by atoms with E-state index in [-0.39, 0.29) is 11.8 Å². The number of anilines is 2. The summed E-state index contributed by atoms with van der Waals surface area (Å²) in [6.45, 7) is 3.27. The molecule has 0 aliphatic heterocycles. The topological polar surface area (TPSA) is 71.1 Å². The van der Waals surface area contributed by atoms with E-state index in [1.54, 1.807) is 30.3 Å². The Hall–Kier alpha value is -2.69. The highest BCUT2D eigenvalue weighted by Crippen LogP contribution is 2.12. The summed E-state index contributed by atoms with van der Waals surface area (Å²) in [7, 11) is 0. The second kappa shape index (κ2) is 5.97. The first-order valence-electron chi connectivity index (χ1n) is 6.17. The molecule has 2 N–H and O–H groups in total. The van der Waals surface area contributed by atoms with Gasteiger partial charge in [-0.3, -0.25) is 9.59 Å². The summed E-state index contributed by atoms with van der Waals surface area (Å²) >= 11 is 0. The summed E-state index contributed by atoms with van der Waals surface area (Å²) in [4.78, 5) is 27.3. The molecule has 5 nitrogen and oxygen atoms in total. The third-order valence-corrected chi connectivity index (χ3v) is 2.58. The van der Waals surface area contributed by atoms with Crippen LogP contribution in [0.15, 0.2) is 42.5 Å². The van der Waals surface area contributed by atoms with E-state index in [9.17, 15) is 9.59 Å². The number of carbonyl (C=O) groups is 2. The zero-order chi connectivity index (χ0) is 14.5. The molecule has 1 aromatic heterocycles. The lowest BCUT2D eigenvalue weighted by atomic mass is 10.2. The molecular weight excluding hydrogens is 254 g/mol. The van der Waals surface area contributed by atoms with E-state index >= 15 is 0 Å². The maximum atomic E-state index is 12.1. The lowest BCUT2D eigenvalue weighted by molar-refractivity contribution is -0.114. The largest absolute Gasteiger partial charge is 0.326 e. The molecule has 1 heterocycles. The number of aryl methyl sites for hydroxylation is 1. The smallest absolute Gasteiger partial charge is 0.256 e. The number of benzene rings is 1. The SMILES string of the molecule is CC(=O)Nc1cccc(C(=O)Nc2cccc(C)n2)c1. The Kier molecular flexibility index (Phi) is 4.10. The van der Waals surface area contributed by atoms with Crippen molar-refractivity contribution in [2.24, 2.45) is 0 Å². The lowest BCUT2D eigenvalue weighted by Gasteiger charge is -2.07. The highest BCUT2D eigenvalue weighted by Gasteiger charge is 2.08. The number of nitrogens with one attached hydrogen (secondary N) is 2. The van der Waals surface area contributed by atoms with Crippen molar-refractivity contribution in [3.05, 3.63) is 53.7 Å². The van der Waals surface area contributed by atoms with E-state index in [0.717, 1.165) is 5.69 Å². The van der Waals surface area contributed by atoms with E-state index < -0.39 is 0 Å². The molecule has 0 fully saturated rings. The van der Waals surface area contributed by atoms with Crippen LogP contribution < -0.4 is 10.6 Å². The van der Waals surface area contributed by atoms with Crippen LogP contribution in [-0.4, -0.2) is 16.8 Å². The van der Waals surface area contributed by atoms with Crippen LogP contribution in [-0.2, 0) is 4.79 Å². The fraction of sp³-hybridized carbons (Fsp3) is 0.133. The molecule has 2 aromatic rings. The van der Waals surface area contributed by atoms with Crippen LogP contribution in [0.1, 0.15) is 23.0 Å². The molecule has 0 saturated carbocycles. The van der Waals surface area contributed by atoms with Crippen molar-refractivity contribution in [3.8, 4) is 0 Å².